The molecule has 0 aromatic heterocycles. The molecule has 1 fully saturated rings. The van der Waals surface area contributed by atoms with Crippen LogP contribution in [-0.4, -0.2) is 35.2 Å². The Kier molecular flexibility index (Phi) is 3.76. The van der Waals surface area contributed by atoms with E-state index in [1.165, 1.54) is 23.1 Å². The smallest absolute Gasteiger partial charge is 0.335 e. The summed E-state index contributed by atoms with van der Waals surface area (Å²) in [6.45, 7) is 0.479. The van der Waals surface area contributed by atoms with Gasteiger partial charge in [0, 0.05) is 24.4 Å². The Hall–Kier alpha value is -2.73. The summed E-state index contributed by atoms with van der Waals surface area (Å²) in [5.41, 5.74) is 8.43. The minimum Gasteiger partial charge on any atom is -0.506 e. The molecule has 0 bridgehead atoms. The molecule has 0 aliphatic carbocycles. The summed E-state index contributed by atoms with van der Waals surface area (Å²) in [5.74, 6) is -1.66. The number of amides is 1. The van der Waals surface area contributed by atoms with Crippen molar-refractivity contribution in [2.75, 3.05) is 18.0 Å². The van der Waals surface area contributed by atoms with Gasteiger partial charge < -0.3 is 15.1 Å². The SMILES string of the molecule is [N-]=[N+]=NCC1CC(=O)N(c2cc(C(=O)O)ccc2O)C1. The number of hydrogen-bond acceptors (Lipinski definition) is 4. The van der Waals surface area contributed by atoms with Crippen LogP contribution < -0.4 is 4.90 Å². The minimum absolute atomic E-state index is 0.0101. The third-order valence-corrected chi connectivity index (χ3v) is 3.12. The Morgan fingerprint density at radius 2 is 2.30 bits per heavy atom. The topological polar surface area (TPSA) is 127 Å². The van der Waals surface area contributed by atoms with E-state index >= 15 is 0 Å². The van der Waals surface area contributed by atoms with Gasteiger partial charge in [-0.1, -0.05) is 5.11 Å². The third kappa shape index (κ3) is 2.65. The van der Waals surface area contributed by atoms with Gasteiger partial charge >= 0.3 is 5.97 Å². The van der Waals surface area contributed by atoms with Crippen molar-refractivity contribution in [3.8, 4) is 5.75 Å². The number of aromatic carboxylic acids is 1. The van der Waals surface area contributed by atoms with Crippen LogP contribution >= 0.6 is 0 Å². The van der Waals surface area contributed by atoms with Crippen LogP contribution in [0.3, 0.4) is 0 Å². The maximum absolute atomic E-state index is 11.9. The summed E-state index contributed by atoms with van der Waals surface area (Å²) in [7, 11) is 0. The number of aromatic hydroxyl groups is 1. The lowest BCUT2D eigenvalue weighted by atomic mass is 10.1. The van der Waals surface area contributed by atoms with Gasteiger partial charge in [-0.15, -0.1) is 0 Å². The van der Waals surface area contributed by atoms with Gasteiger partial charge in [0.05, 0.1) is 11.3 Å². The van der Waals surface area contributed by atoms with E-state index in [2.05, 4.69) is 10.0 Å². The van der Waals surface area contributed by atoms with E-state index in [0.29, 0.717) is 0 Å². The first kappa shape index (κ1) is 13.7. The summed E-state index contributed by atoms with van der Waals surface area (Å²) in [4.78, 5) is 26.8. The number of phenolic OH excluding ortho intramolecular Hbond substituents is 1. The summed E-state index contributed by atoms with van der Waals surface area (Å²) in [6.07, 6.45) is 0.204. The molecule has 8 nitrogen and oxygen atoms in total. The first-order chi connectivity index (χ1) is 9.52. The molecule has 2 N–H and O–H groups in total. The Bertz CT molecular complexity index is 609. The Morgan fingerprint density at radius 3 is 2.95 bits per heavy atom. The molecule has 1 unspecified atom stereocenters. The number of anilines is 1. The second kappa shape index (κ2) is 5.50. The second-order valence-corrected chi connectivity index (χ2v) is 4.50. The van der Waals surface area contributed by atoms with Gasteiger partial charge in [0.2, 0.25) is 5.91 Å². The lowest BCUT2D eigenvalue weighted by molar-refractivity contribution is -0.117. The molecule has 1 aromatic rings. The molecule has 1 aliphatic heterocycles. The minimum atomic E-state index is -1.14. The first-order valence-corrected chi connectivity index (χ1v) is 5.90. The van der Waals surface area contributed by atoms with Crippen molar-refractivity contribution in [1.82, 2.24) is 0 Å². The average Bonchev–Trinajstić information content (AvgIpc) is 2.77. The molecule has 1 saturated heterocycles. The number of carboxylic acid groups (broad SMARTS) is 1. The number of carbonyl (C=O) groups is 2. The van der Waals surface area contributed by atoms with E-state index in [0.717, 1.165) is 0 Å². The van der Waals surface area contributed by atoms with Crippen LogP contribution in [0.25, 0.3) is 10.4 Å². The van der Waals surface area contributed by atoms with Crippen molar-refractivity contribution in [2.24, 2.45) is 11.0 Å². The highest BCUT2D eigenvalue weighted by Gasteiger charge is 2.31. The van der Waals surface area contributed by atoms with Crippen molar-refractivity contribution in [2.45, 2.75) is 6.42 Å². The van der Waals surface area contributed by atoms with Crippen LogP contribution in [-0.2, 0) is 4.79 Å². The molecule has 0 saturated carbocycles. The predicted octanol–water partition coefficient (Wildman–Crippen LogP) is 1.75. The summed E-state index contributed by atoms with van der Waals surface area (Å²) in [5, 5.41) is 22.2. The van der Waals surface area contributed by atoms with Crippen LogP contribution in [0.2, 0.25) is 0 Å². The average molecular weight is 276 g/mol. The zero-order valence-electron chi connectivity index (χ0n) is 10.4. The maximum atomic E-state index is 11.9. The maximum Gasteiger partial charge on any atom is 0.335 e. The fourth-order valence-corrected chi connectivity index (χ4v) is 2.16. The zero-order valence-corrected chi connectivity index (χ0v) is 10.4. The van der Waals surface area contributed by atoms with Crippen LogP contribution in [0.4, 0.5) is 5.69 Å². The normalized spacial score (nSPS) is 17.9. The molecule has 104 valence electrons. The van der Waals surface area contributed by atoms with Crippen LogP contribution in [0.5, 0.6) is 5.75 Å². The van der Waals surface area contributed by atoms with E-state index in [9.17, 15) is 14.7 Å². The number of carbonyl (C=O) groups excluding carboxylic acids is 1. The molecule has 0 radical (unpaired) electrons. The van der Waals surface area contributed by atoms with Gasteiger partial charge in [0.25, 0.3) is 0 Å². The summed E-state index contributed by atoms with van der Waals surface area (Å²) in [6, 6.07) is 3.76. The fraction of sp³-hybridized carbons (Fsp3) is 0.333. The van der Waals surface area contributed by atoms with Crippen molar-refractivity contribution in [3.63, 3.8) is 0 Å². The van der Waals surface area contributed by atoms with Crippen LogP contribution in [0, 0.1) is 5.92 Å². The lowest BCUT2D eigenvalue weighted by Crippen LogP contribution is -2.25. The predicted molar refractivity (Wildman–Crippen MR) is 69.5 cm³/mol. The second-order valence-electron chi connectivity index (χ2n) is 4.50. The molecule has 0 spiro atoms. The van der Waals surface area contributed by atoms with Crippen molar-refractivity contribution in [1.29, 1.82) is 0 Å². The third-order valence-electron chi connectivity index (χ3n) is 3.12. The van der Waals surface area contributed by atoms with Gasteiger partial charge in [-0.25, -0.2) is 4.79 Å². The Morgan fingerprint density at radius 1 is 1.55 bits per heavy atom. The molecule has 1 heterocycles. The monoisotopic (exact) mass is 276 g/mol. The lowest BCUT2D eigenvalue weighted by Gasteiger charge is -2.18. The highest BCUT2D eigenvalue weighted by Crippen LogP contribution is 2.33. The molecule has 1 aliphatic rings. The largest absolute Gasteiger partial charge is 0.506 e. The van der Waals surface area contributed by atoms with Gasteiger partial charge in [-0.3, -0.25) is 4.79 Å². The van der Waals surface area contributed by atoms with E-state index in [1.54, 1.807) is 0 Å². The van der Waals surface area contributed by atoms with Crippen LogP contribution in [0.1, 0.15) is 16.8 Å². The fourth-order valence-electron chi connectivity index (χ4n) is 2.16. The van der Waals surface area contributed by atoms with Crippen molar-refractivity contribution in [3.05, 3.63) is 34.2 Å². The zero-order chi connectivity index (χ0) is 14.7. The standard InChI is InChI=1S/C12H12N4O4/c13-15-14-5-7-3-11(18)16(6-7)9-4-8(12(19)20)1-2-10(9)17/h1-2,4,7,17H,3,5-6H2,(H,19,20). The number of rotatable bonds is 4. The number of azide groups is 1. The number of hydrogen-bond donors (Lipinski definition) is 2. The van der Waals surface area contributed by atoms with Crippen molar-refractivity contribution >= 4 is 17.6 Å². The molecule has 20 heavy (non-hydrogen) atoms. The van der Waals surface area contributed by atoms with E-state index < -0.39 is 5.97 Å². The first-order valence-electron chi connectivity index (χ1n) is 5.90. The van der Waals surface area contributed by atoms with E-state index in [-0.39, 0.29) is 48.3 Å². The molecular formula is C12H12N4O4. The van der Waals surface area contributed by atoms with Gasteiger partial charge in [-0.05, 0) is 29.6 Å². The summed E-state index contributed by atoms with van der Waals surface area (Å²) >= 11 is 0. The summed E-state index contributed by atoms with van der Waals surface area (Å²) < 4.78 is 0. The highest BCUT2D eigenvalue weighted by atomic mass is 16.4. The molecule has 1 atom stereocenters. The van der Waals surface area contributed by atoms with Gasteiger partial charge in [-0.2, -0.15) is 0 Å². The number of phenols is 1. The highest BCUT2D eigenvalue weighted by molar-refractivity contribution is 5.99. The number of nitrogens with zero attached hydrogens (tertiary/aromatic N) is 4. The molecular weight excluding hydrogens is 264 g/mol. The number of benzene rings is 1. The van der Waals surface area contributed by atoms with Crippen molar-refractivity contribution < 1.29 is 19.8 Å². The molecule has 1 aromatic carbocycles. The quantitative estimate of drug-likeness (QED) is 0.493. The van der Waals surface area contributed by atoms with Crippen LogP contribution in [0.15, 0.2) is 23.3 Å². The van der Waals surface area contributed by atoms with Gasteiger partial charge in [0.15, 0.2) is 0 Å². The van der Waals surface area contributed by atoms with E-state index in [1.807, 2.05) is 0 Å². The number of carboxylic acids is 1. The Labute approximate surface area is 113 Å². The molecule has 1 amide bonds. The van der Waals surface area contributed by atoms with Gasteiger partial charge in [0.1, 0.15) is 5.75 Å². The molecule has 8 heteroatoms. The Balaban J connectivity index is 2.27. The van der Waals surface area contributed by atoms with E-state index in [4.69, 9.17) is 10.6 Å². The molecule has 2 rings (SSSR count).